The summed E-state index contributed by atoms with van der Waals surface area (Å²) in [6.45, 7) is 2.62. The molecule has 0 saturated heterocycles. The van der Waals surface area contributed by atoms with Gasteiger partial charge < -0.3 is 9.47 Å². The molecule has 0 saturated carbocycles. The fourth-order valence-corrected chi connectivity index (χ4v) is 2.06. The Kier molecular flexibility index (Phi) is 4.69. The molecule has 0 aliphatic heterocycles. The first kappa shape index (κ1) is 13.8. The topological polar surface area (TPSA) is 18.5 Å². The molecule has 0 unspecified atom stereocenters. The van der Waals surface area contributed by atoms with Crippen LogP contribution in [-0.4, -0.2) is 7.11 Å². The van der Waals surface area contributed by atoms with Gasteiger partial charge in [0.1, 0.15) is 18.1 Å². The molecule has 0 heterocycles. The number of alkyl halides is 1. The molecule has 0 aliphatic rings. The molecule has 19 heavy (non-hydrogen) atoms. The molecule has 0 radical (unpaired) electrons. The van der Waals surface area contributed by atoms with E-state index >= 15 is 0 Å². The van der Waals surface area contributed by atoms with E-state index in [-0.39, 0.29) is 0 Å². The minimum absolute atomic E-state index is 0.403. The van der Waals surface area contributed by atoms with E-state index in [0.29, 0.717) is 12.5 Å². The van der Waals surface area contributed by atoms with Gasteiger partial charge in [0.25, 0.3) is 0 Å². The van der Waals surface area contributed by atoms with E-state index in [1.807, 2.05) is 30.3 Å². The Labute approximate surface area is 118 Å². The molecule has 3 heteroatoms. The van der Waals surface area contributed by atoms with Crippen molar-refractivity contribution in [2.45, 2.75) is 19.4 Å². The number of hydrogen-bond acceptors (Lipinski definition) is 2. The van der Waals surface area contributed by atoms with E-state index in [1.54, 1.807) is 7.11 Å². The van der Waals surface area contributed by atoms with Crippen LogP contribution in [0.25, 0.3) is 0 Å². The quantitative estimate of drug-likeness (QED) is 0.757. The van der Waals surface area contributed by atoms with E-state index in [9.17, 15) is 0 Å². The molecule has 0 spiro atoms. The largest absolute Gasteiger partial charge is 0.497 e. The lowest BCUT2D eigenvalue weighted by molar-refractivity contribution is 0.302. The molecular formula is C16H17ClO2. The van der Waals surface area contributed by atoms with Crippen LogP contribution in [0.15, 0.2) is 42.5 Å². The van der Waals surface area contributed by atoms with Crippen molar-refractivity contribution in [2.75, 3.05) is 7.11 Å². The molecule has 2 aromatic rings. The minimum Gasteiger partial charge on any atom is -0.497 e. The average molecular weight is 277 g/mol. The van der Waals surface area contributed by atoms with Gasteiger partial charge in [-0.15, -0.1) is 11.6 Å². The van der Waals surface area contributed by atoms with E-state index in [4.69, 9.17) is 21.1 Å². The zero-order valence-corrected chi connectivity index (χ0v) is 11.9. The Balaban J connectivity index is 2.13. The van der Waals surface area contributed by atoms with Crippen LogP contribution in [0, 0.1) is 6.92 Å². The van der Waals surface area contributed by atoms with Crippen molar-refractivity contribution >= 4 is 11.6 Å². The van der Waals surface area contributed by atoms with Gasteiger partial charge in [-0.25, -0.2) is 0 Å². The molecule has 0 fully saturated rings. The van der Waals surface area contributed by atoms with E-state index < -0.39 is 0 Å². The highest BCUT2D eigenvalue weighted by Gasteiger charge is 2.06. The predicted octanol–water partition coefficient (Wildman–Crippen LogP) is 4.32. The van der Waals surface area contributed by atoms with Gasteiger partial charge in [-0.2, -0.15) is 0 Å². The van der Waals surface area contributed by atoms with Crippen molar-refractivity contribution in [3.63, 3.8) is 0 Å². The first-order chi connectivity index (χ1) is 9.24. The van der Waals surface area contributed by atoms with E-state index in [1.165, 1.54) is 11.1 Å². The van der Waals surface area contributed by atoms with Crippen molar-refractivity contribution in [1.29, 1.82) is 0 Å². The third-order valence-corrected chi connectivity index (χ3v) is 3.34. The fraction of sp³-hybridized carbons (Fsp3) is 0.250. The van der Waals surface area contributed by atoms with Gasteiger partial charge in [0.05, 0.1) is 13.0 Å². The Bertz CT molecular complexity index is 552. The second-order valence-corrected chi connectivity index (χ2v) is 4.59. The fourth-order valence-electron chi connectivity index (χ4n) is 1.86. The number of methoxy groups -OCH3 is 1. The molecule has 0 atom stereocenters. The Hall–Kier alpha value is -1.67. The molecule has 0 N–H and O–H groups in total. The van der Waals surface area contributed by atoms with Gasteiger partial charge in [-0.3, -0.25) is 0 Å². The summed E-state index contributed by atoms with van der Waals surface area (Å²) in [4.78, 5) is 0. The third kappa shape index (κ3) is 3.42. The van der Waals surface area contributed by atoms with Crippen molar-refractivity contribution in [2.24, 2.45) is 0 Å². The monoisotopic (exact) mass is 276 g/mol. The molecule has 100 valence electrons. The number of hydrogen-bond donors (Lipinski definition) is 0. The van der Waals surface area contributed by atoms with E-state index in [2.05, 4.69) is 19.1 Å². The number of ether oxygens (including phenoxy) is 2. The minimum atomic E-state index is 0.403. The normalized spacial score (nSPS) is 10.3. The predicted molar refractivity (Wildman–Crippen MR) is 78.1 cm³/mol. The van der Waals surface area contributed by atoms with Crippen LogP contribution in [0.1, 0.15) is 16.7 Å². The molecule has 2 rings (SSSR count). The lowest BCUT2D eigenvalue weighted by Gasteiger charge is -2.12. The zero-order valence-electron chi connectivity index (χ0n) is 11.2. The maximum Gasteiger partial charge on any atom is 0.124 e. The van der Waals surface area contributed by atoms with Crippen LogP contribution in [-0.2, 0) is 12.5 Å². The molecule has 2 aromatic carbocycles. The van der Waals surface area contributed by atoms with Gasteiger partial charge in [0.2, 0.25) is 0 Å². The average Bonchev–Trinajstić information content (AvgIpc) is 2.46. The molecule has 0 bridgehead atoms. The Morgan fingerprint density at radius 2 is 1.84 bits per heavy atom. The highest BCUT2D eigenvalue weighted by Crippen LogP contribution is 2.26. The number of benzene rings is 2. The second-order valence-electron chi connectivity index (χ2n) is 4.32. The van der Waals surface area contributed by atoms with Gasteiger partial charge in [0, 0.05) is 5.56 Å². The molecule has 0 amide bonds. The summed E-state index contributed by atoms with van der Waals surface area (Å²) in [6.07, 6.45) is 0. The highest BCUT2D eigenvalue weighted by atomic mass is 35.5. The van der Waals surface area contributed by atoms with Gasteiger partial charge in [-0.05, 0) is 36.2 Å². The lowest BCUT2D eigenvalue weighted by atomic mass is 10.1. The summed E-state index contributed by atoms with van der Waals surface area (Å²) in [5.41, 5.74) is 3.34. The summed E-state index contributed by atoms with van der Waals surface area (Å²) in [5.74, 6) is 2.00. The molecule has 0 aliphatic carbocycles. The van der Waals surface area contributed by atoms with Crippen LogP contribution in [0.2, 0.25) is 0 Å². The summed E-state index contributed by atoms with van der Waals surface area (Å²) < 4.78 is 11.0. The summed E-state index contributed by atoms with van der Waals surface area (Å²) in [6, 6.07) is 13.9. The maximum absolute atomic E-state index is 5.94. The first-order valence-corrected chi connectivity index (χ1v) is 6.68. The van der Waals surface area contributed by atoms with Crippen molar-refractivity contribution in [1.82, 2.24) is 0 Å². The summed E-state index contributed by atoms with van der Waals surface area (Å²) >= 11 is 5.94. The standard InChI is InChI=1S/C16H17ClO2/c1-12-5-3-4-6-13(12)11-19-16-8-7-15(18-2)9-14(16)10-17/h3-9H,10-11H2,1-2H3. The van der Waals surface area contributed by atoms with Crippen LogP contribution in [0.5, 0.6) is 11.5 Å². The van der Waals surface area contributed by atoms with Crippen LogP contribution < -0.4 is 9.47 Å². The second kappa shape index (κ2) is 6.48. The van der Waals surface area contributed by atoms with Gasteiger partial charge >= 0.3 is 0 Å². The maximum atomic E-state index is 5.94. The van der Waals surface area contributed by atoms with Crippen molar-refractivity contribution < 1.29 is 9.47 Å². The number of halogens is 1. The molecule has 2 nitrogen and oxygen atoms in total. The van der Waals surface area contributed by atoms with Crippen LogP contribution in [0.3, 0.4) is 0 Å². The third-order valence-electron chi connectivity index (χ3n) is 3.06. The van der Waals surface area contributed by atoms with Crippen molar-refractivity contribution in [3.8, 4) is 11.5 Å². The smallest absolute Gasteiger partial charge is 0.124 e. The van der Waals surface area contributed by atoms with E-state index in [0.717, 1.165) is 17.1 Å². The number of aryl methyl sites for hydroxylation is 1. The summed E-state index contributed by atoms with van der Waals surface area (Å²) in [7, 11) is 1.64. The number of rotatable bonds is 5. The van der Waals surface area contributed by atoms with Crippen molar-refractivity contribution in [3.05, 3.63) is 59.2 Å². The Morgan fingerprint density at radius 3 is 2.53 bits per heavy atom. The van der Waals surface area contributed by atoms with Crippen LogP contribution in [0.4, 0.5) is 0 Å². The lowest BCUT2D eigenvalue weighted by Crippen LogP contribution is -2.00. The SMILES string of the molecule is COc1ccc(OCc2ccccc2C)c(CCl)c1. The first-order valence-electron chi connectivity index (χ1n) is 6.14. The molecular weight excluding hydrogens is 260 g/mol. The van der Waals surface area contributed by atoms with Gasteiger partial charge in [-0.1, -0.05) is 24.3 Å². The highest BCUT2D eigenvalue weighted by molar-refractivity contribution is 6.17. The Morgan fingerprint density at radius 1 is 1.05 bits per heavy atom. The van der Waals surface area contributed by atoms with Crippen LogP contribution >= 0.6 is 11.6 Å². The van der Waals surface area contributed by atoms with Gasteiger partial charge in [0.15, 0.2) is 0 Å². The molecule has 0 aromatic heterocycles. The zero-order chi connectivity index (χ0) is 13.7. The summed E-state index contributed by atoms with van der Waals surface area (Å²) in [5, 5.41) is 0.